The number of aryl methyl sites for hydroxylation is 1. The van der Waals surface area contributed by atoms with Crippen LogP contribution < -0.4 is 5.32 Å². The zero-order valence-electron chi connectivity index (χ0n) is 13.5. The van der Waals surface area contributed by atoms with Crippen molar-refractivity contribution in [3.8, 4) is 0 Å². The zero-order valence-corrected chi connectivity index (χ0v) is 13.5. The van der Waals surface area contributed by atoms with Crippen LogP contribution in [0.1, 0.15) is 57.1 Å². The van der Waals surface area contributed by atoms with Crippen LogP contribution in [0.5, 0.6) is 0 Å². The predicted octanol–water partition coefficient (Wildman–Crippen LogP) is 3.71. The first-order valence-corrected chi connectivity index (χ1v) is 8.12. The molecular weight excluding hydrogens is 248 g/mol. The quantitative estimate of drug-likeness (QED) is 0.860. The molecule has 1 aliphatic rings. The van der Waals surface area contributed by atoms with E-state index in [4.69, 9.17) is 4.42 Å². The van der Waals surface area contributed by atoms with Gasteiger partial charge in [0.2, 0.25) is 0 Å². The van der Waals surface area contributed by atoms with Gasteiger partial charge >= 0.3 is 0 Å². The lowest BCUT2D eigenvalue weighted by Crippen LogP contribution is -2.32. The second kappa shape index (κ2) is 7.28. The Hall–Kier alpha value is -0.800. The minimum atomic E-state index is 0.496. The lowest BCUT2D eigenvalue weighted by Gasteiger charge is -2.30. The van der Waals surface area contributed by atoms with Gasteiger partial charge in [-0.25, -0.2) is 0 Å². The van der Waals surface area contributed by atoms with Gasteiger partial charge in [0.25, 0.3) is 0 Å². The predicted molar refractivity (Wildman–Crippen MR) is 83.7 cm³/mol. The van der Waals surface area contributed by atoms with Gasteiger partial charge in [-0.15, -0.1) is 0 Å². The molecule has 0 spiro atoms. The molecule has 1 fully saturated rings. The van der Waals surface area contributed by atoms with Crippen LogP contribution in [0.2, 0.25) is 0 Å². The third kappa shape index (κ3) is 4.35. The average Bonchev–Trinajstić information content (AvgIpc) is 2.77. The van der Waals surface area contributed by atoms with E-state index in [1.54, 1.807) is 0 Å². The molecule has 3 heteroatoms. The summed E-state index contributed by atoms with van der Waals surface area (Å²) in [6, 6.07) is 2.71. The maximum Gasteiger partial charge on any atom is 0.120 e. The highest BCUT2D eigenvalue weighted by Gasteiger charge is 2.19. The summed E-state index contributed by atoms with van der Waals surface area (Å²) in [5, 5.41) is 3.43. The number of furan rings is 1. The highest BCUT2D eigenvalue weighted by molar-refractivity contribution is 5.20. The minimum absolute atomic E-state index is 0.496. The Bertz CT molecular complexity index is 403. The summed E-state index contributed by atoms with van der Waals surface area (Å²) in [7, 11) is 0. The summed E-state index contributed by atoms with van der Waals surface area (Å²) >= 11 is 0. The van der Waals surface area contributed by atoms with E-state index < -0.39 is 0 Å². The van der Waals surface area contributed by atoms with E-state index in [0.717, 1.165) is 30.5 Å². The van der Waals surface area contributed by atoms with Crippen molar-refractivity contribution in [2.24, 2.45) is 5.92 Å². The summed E-state index contributed by atoms with van der Waals surface area (Å²) in [5.74, 6) is 3.16. The molecule has 2 heterocycles. The lowest BCUT2D eigenvalue weighted by atomic mass is 9.94. The first-order chi connectivity index (χ1) is 9.58. The molecule has 1 saturated heterocycles. The van der Waals surface area contributed by atoms with Crippen molar-refractivity contribution in [1.82, 2.24) is 10.2 Å². The molecule has 0 saturated carbocycles. The molecule has 0 amide bonds. The third-order valence-corrected chi connectivity index (χ3v) is 4.41. The molecule has 0 bridgehead atoms. The normalized spacial score (nSPS) is 18.1. The van der Waals surface area contributed by atoms with E-state index >= 15 is 0 Å². The van der Waals surface area contributed by atoms with Crippen molar-refractivity contribution in [1.29, 1.82) is 0 Å². The minimum Gasteiger partial charge on any atom is -0.463 e. The second-order valence-electron chi connectivity index (χ2n) is 6.48. The number of likely N-dealkylation sites (tertiary alicyclic amines) is 1. The molecular formula is C17H30N2O. The smallest absolute Gasteiger partial charge is 0.120 e. The summed E-state index contributed by atoms with van der Waals surface area (Å²) in [6.07, 6.45) is 4.02. The monoisotopic (exact) mass is 278 g/mol. The van der Waals surface area contributed by atoms with Gasteiger partial charge in [-0.05, 0) is 50.4 Å². The Labute approximate surface area is 123 Å². The maximum atomic E-state index is 6.02. The zero-order chi connectivity index (χ0) is 14.5. The molecule has 1 aromatic rings. The standard InChI is InChI=1S/C17H30N2O/c1-5-15-6-8-19(9-7-15)12-16-10-14(4)17(20-16)11-18-13(2)3/h10,13,15,18H,5-9,11-12H2,1-4H3. The number of hydrogen-bond acceptors (Lipinski definition) is 3. The van der Waals surface area contributed by atoms with Crippen LogP contribution in [0.4, 0.5) is 0 Å². The van der Waals surface area contributed by atoms with E-state index in [1.807, 2.05) is 0 Å². The van der Waals surface area contributed by atoms with Crippen LogP contribution in [0, 0.1) is 12.8 Å². The highest BCUT2D eigenvalue weighted by atomic mass is 16.3. The molecule has 0 radical (unpaired) electrons. The number of nitrogens with one attached hydrogen (secondary N) is 1. The molecule has 0 unspecified atom stereocenters. The molecule has 114 valence electrons. The fraction of sp³-hybridized carbons (Fsp3) is 0.765. The molecule has 3 nitrogen and oxygen atoms in total. The van der Waals surface area contributed by atoms with Gasteiger partial charge in [0, 0.05) is 6.04 Å². The van der Waals surface area contributed by atoms with Crippen LogP contribution >= 0.6 is 0 Å². The Morgan fingerprint density at radius 3 is 2.65 bits per heavy atom. The Morgan fingerprint density at radius 2 is 2.05 bits per heavy atom. The molecule has 20 heavy (non-hydrogen) atoms. The molecule has 0 atom stereocenters. The molecule has 0 aromatic carbocycles. The second-order valence-corrected chi connectivity index (χ2v) is 6.48. The highest BCUT2D eigenvalue weighted by Crippen LogP contribution is 2.23. The van der Waals surface area contributed by atoms with E-state index in [9.17, 15) is 0 Å². The van der Waals surface area contributed by atoms with E-state index in [-0.39, 0.29) is 0 Å². The molecule has 1 aliphatic heterocycles. The first kappa shape index (κ1) is 15.6. The van der Waals surface area contributed by atoms with Crippen molar-refractivity contribution < 1.29 is 4.42 Å². The number of piperidine rings is 1. The van der Waals surface area contributed by atoms with Crippen molar-refractivity contribution in [2.75, 3.05) is 13.1 Å². The Balaban J connectivity index is 1.86. The summed E-state index contributed by atoms with van der Waals surface area (Å²) in [6.45, 7) is 13.0. The van der Waals surface area contributed by atoms with Crippen molar-refractivity contribution in [2.45, 2.75) is 66.1 Å². The first-order valence-electron chi connectivity index (χ1n) is 8.12. The summed E-state index contributed by atoms with van der Waals surface area (Å²) in [5.41, 5.74) is 1.27. The van der Waals surface area contributed by atoms with Crippen LogP contribution in [0.15, 0.2) is 10.5 Å². The van der Waals surface area contributed by atoms with Gasteiger partial charge in [0.15, 0.2) is 0 Å². The maximum absolute atomic E-state index is 6.02. The van der Waals surface area contributed by atoms with Crippen LogP contribution in [0.25, 0.3) is 0 Å². The average molecular weight is 278 g/mol. The number of rotatable bonds is 6. The SMILES string of the molecule is CCC1CCN(Cc2cc(C)c(CNC(C)C)o2)CC1. The van der Waals surface area contributed by atoms with Gasteiger partial charge in [-0.2, -0.15) is 0 Å². The Kier molecular flexibility index (Phi) is 5.67. The van der Waals surface area contributed by atoms with Gasteiger partial charge in [-0.1, -0.05) is 27.2 Å². The third-order valence-electron chi connectivity index (χ3n) is 4.41. The van der Waals surface area contributed by atoms with Gasteiger partial charge in [-0.3, -0.25) is 4.90 Å². The topological polar surface area (TPSA) is 28.4 Å². The van der Waals surface area contributed by atoms with Crippen LogP contribution in [0.3, 0.4) is 0 Å². The van der Waals surface area contributed by atoms with Crippen molar-refractivity contribution in [3.05, 3.63) is 23.2 Å². The molecule has 1 aromatic heterocycles. The van der Waals surface area contributed by atoms with E-state index in [1.165, 1.54) is 37.9 Å². The fourth-order valence-corrected chi connectivity index (χ4v) is 2.91. The van der Waals surface area contributed by atoms with Crippen LogP contribution in [-0.4, -0.2) is 24.0 Å². The number of hydrogen-bond donors (Lipinski definition) is 1. The van der Waals surface area contributed by atoms with Crippen molar-refractivity contribution >= 4 is 0 Å². The van der Waals surface area contributed by atoms with Gasteiger partial charge in [0.1, 0.15) is 11.5 Å². The summed E-state index contributed by atoms with van der Waals surface area (Å²) < 4.78 is 6.02. The van der Waals surface area contributed by atoms with E-state index in [0.29, 0.717) is 6.04 Å². The largest absolute Gasteiger partial charge is 0.463 e. The lowest BCUT2D eigenvalue weighted by molar-refractivity contribution is 0.163. The van der Waals surface area contributed by atoms with Gasteiger partial charge < -0.3 is 9.73 Å². The molecule has 0 aliphatic carbocycles. The van der Waals surface area contributed by atoms with Crippen LogP contribution in [-0.2, 0) is 13.1 Å². The summed E-state index contributed by atoms with van der Waals surface area (Å²) in [4.78, 5) is 2.53. The molecule has 2 rings (SSSR count). The number of nitrogens with zero attached hydrogens (tertiary/aromatic N) is 1. The van der Waals surface area contributed by atoms with E-state index in [2.05, 4.69) is 44.0 Å². The fourth-order valence-electron chi connectivity index (χ4n) is 2.91. The van der Waals surface area contributed by atoms with Gasteiger partial charge in [0.05, 0.1) is 13.1 Å². The van der Waals surface area contributed by atoms with Crippen molar-refractivity contribution in [3.63, 3.8) is 0 Å². The Morgan fingerprint density at radius 1 is 1.35 bits per heavy atom. The molecule has 1 N–H and O–H groups in total.